The third kappa shape index (κ3) is 3.22. The zero-order valence-corrected chi connectivity index (χ0v) is 9.63. The maximum absolute atomic E-state index is 11.7. The van der Waals surface area contributed by atoms with Crippen LogP contribution in [0.4, 0.5) is 0 Å². The summed E-state index contributed by atoms with van der Waals surface area (Å²) in [5, 5.41) is 8.85. The van der Waals surface area contributed by atoms with Crippen molar-refractivity contribution in [3.63, 3.8) is 0 Å². The minimum Gasteiger partial charge on any atom is -0.395 e. The van der Waals surface area contributed by atoms with Crippen LogP contribution in [-0.2, 0) is 10.0 Å². The van der Waals surface area contributed by atoms with Crippen LogP contribution in [0.3, 0.4) is 0 Å². The van der Waals surface area contributed by atoms with Crippen molar-refractivity contribution < 1.29 is 13.5 Å². The second-order valence-electron chi connectivity index (χ2n) is 4.10. The van der Waals surface area contributed by atoms with Crippen LogP contribution in [0.5, 0.6) is 0 Å². The number of aliphatic hydroxyl groups is 1. The molecule has 0 bridgehead atoms. The second-order valence-corrected chi connectivity index (χ2v) is 6.24. The van der Waals surface area contributed by atoms with Crippen molar-refractivity contribution >= 4 is 10.0 Å². The van der Waals surface area contributed by atoms with Crippen LogP contribution in [0.2, 0.25) is 0 Å². The average molecular weight is 221 g/mol. The molecule has 1 rings (SSSR count). The largest absolute Gasteiger partial charge is 0.395 e. The molecule has 84 valence electrons. The first kappa shape index (κ1) is 11.9. The molecule has 0 heterocycles. The van der Waals surface area contributed by atoms with E-state index in [2.05, 4.69) is 0 Å². The summed E-state index contributed by atoms with van der Waals surface area (Å²) in [5.41, 5.74) is 0. The van der Waals surface area contributed by atoms with Gasteiger partial charge >= 0.3 is 0 Å². The van der Waals surface area contributed by atoms with Gasteiger partial charge in [-0.25, -0.2) is 8.42 Å². The maximum atomic E-state index is 11.7. The first-order valence-corrected chi connectivity index (χ1v) is 6.65. The van der Waals surface area contributed by atoms with E-state index >= 15 is 0 Å². The van der Waals surface area contributed by atoms with Gasteiger partial charge in [0.25, 0.3) is 0 Å². The molecule has 1 aliphatic rings. The predicted molar refractivity (Wildman–Crippen MR) is 55.4 cm³/mol. The van der Waals surface area contributed by atoms with Gasteiger partial charge in [-0.15, -0.1) is 0 Å². The highest BCUT2D eigenvalue weighted by molar-refractivity contribution is 7.89. The lowest BCUT2D eigenvalue weighted by molar-refractivity contribution is 0.213. The van der Waals surface area contributed by atoms with Crippen LogP contribution in [0.1, 0.15) is 26.2 Å². The Hall–Kier alpha value is -0.130. The molecule has 14 heavy (non-hydrogen) atoms. The summed E-state index contributed by atoms with van der Waals surface area (Å²) >= 11 is 0. The third-order valence-electron chi connectivity index (χ3n) is 2.80. The van der Waals surface area contributed by atoms with Crippen LogP contribution < -0.4 is 0 Å². The molecule has 1 aliphatic carbocycles. The Bertz CT molecular complexity index is 272. The highest BCUT2D eigenvalue weighted by Crippen LogP contribution is 2.32. The fourth-order valence-corrected chi connectivity index (χ4v) is 2.79. The summed E-state index contributed by atoms with van der Waals surface area (Å²) < 4.78 is 24.6. The molecule has 0 radical (unpaired) electrons. The number of rotatable bonds is 6. The van der Waals surface area contributed by atoms with Crippen LogP contribution in [-0.4, -0.2) is 43.3 Å². The van der Waals surface area contributed by atoms with E-state index in [4.69, 9.17) is 5.11 Å². The van der Waals surface area contributed by atoms with Crippen LogP contribution in [0, 0.1) is 5.92 Å². The molecular formula is C9H19NO3S. The molecule has 0 spiro atoms. The molecule has 1 atom stereocenters. The van der Waals surface area contributed by atoms with Gasteiger partial charge < -0.3 is 5.11 Å². The quantitative estimate of drug-likeness (QED) is 0.707. The topological polar surface area (TPSA) is 57.6 Å². The molecule has 0 aliphatic heterocycles. The molecule has 0 saturated heterocycles. The molecule has 4 nitrogen and oxygen atoms in total. The maximum Gasteiger partial charge on any atom is 0.214 e. The summed E-state index contributed by atoms with van der Waals surface area (Å²) in [6.07, 6.45) is 3.12. The van der Waals surface area contributed by atoms with Crippen molar-refractivity contribution in [2.75, 3.05) is 19.4 Å². The summed E-state index contributed by atoms with van der Waals surface area (Å²) in [5.74, 6) is 0.848. The average Bonchev–Trinajstić information content (AvgIpc) is 2.96. The van der Waals surface area contributed by atoms with Gasteiger partial charge in [0.15, 0.2) is 0 Å². The van der Waals surface area contributed by atoms with Crippen molar-refractivity contribution in [1.82, 2.24) is 4.31 Å². The Kier molecular flexibility index (Phi) is 3.92. The Labute approximate surface area is 86.0 Å². The fourth-order valence-electron chi connectivity index (χ4n) is 1.26. The monoisotopic (exact) mass is 221 g/mol. The lowest BCUT2D eigenvalue weighted by atomic mass is 10.3. The van der Waals surface area contributed by atoms with E-state index in [1.165, 1.54) is 24.2 Å². The van der Waals surface area contributed by atoms with Crippen molar-refractivity contribution in [2.24, 2.45) is 5.92 Å². The molecular weight excluding hydrogens is 202 g/mol. The highest BCUT2D eigenvalue weighted by atomic mass is 32.2. The molecule has 1 unspecified atom stereocenters. The Morgan fingerprint density at radius 3 is 2.50 bits per heavy atom. The van der Waals surface area contributed by atoms with Crippen LogP contribution in [0.25, 0.3) is 0 Å². The van der Waals surface area contributed by atoms with Crippen molar-refractivity contribution in [3.05, 3.63) is 0 Å². The summed E-state index contributed by atoms with van der Waals surface area (Å²) in [6, 6.07) is -0.320. The van der Waals surface area contributed by atoms with Crippen molar-refractivity contribution in [1.29, 1.82) is 0 Å². The minimum atomic E-state index is -3.15. The minimum absolute atomic E-state index is 0.126. The van der Waals surface area contributed by atoms with Gasteiger partial charge in [0.1, 0.15) is 0 Å². The second kappa shape index (κ2) is 4.59. The van der Waals surface area contributed by atoms with Gasteiger partial charge in [0, 0.05) is 13.1 Å². The van der Waals surface area contributed by atoms with Gasteiger partial charge in [-0.2, -0.15) is 4.31 Å². The van der Waals surface area contributed by atoms with E-state index in [0.29, 0.717) is 5.92 Å². The summed E-state index contributed by atoms with van der Waals surface area (Å²) in [6.45, 7) is 1.58. The predicted octanol–water partition coefficient (Wildman–Crippen LogP) is 0.429. The lowest BCUT2D eigenvalue weighted by Gasteiger charge is -2.22. The zero-order chi connectivity index (χ0) is 10.8. The Balaban J connectivity index is 2.44. The van der Waals surface area contributed by atoms with Gasteiger partial charge in [-0.1, -0.05) is 12.8 Å². The van der Waals surface area contributed by atoms with Gasteiger partial charge in [0.05, 0.1) is 12.4 Å². The van der Waals surface area contributed by atoms with Gasteiger partial charge in [-0.05, 0) is 19.3 Å². The van der Waals surface area contributed by atoms with Gasteiger partial charge in [0.2, 0.25) is 10.0 Å². The number of hydrogen-bond donors (Lipinski definition) is 1. The van der Waals surface area contributed by atoms with E-state index in [1.807, 2.05) is 0 Å². The van der Waals surface area contributed by atoms with E-state index in [-0.39, 0.29) is 18.4 Å². The van der Waals surface area contributed by atoms with E-state index in [9.17, 15) is 8.42 Å². The number of aliphatic hydroxyl groups excluding tert-OH is 1. The molecule has 1 N–H and O–H groups in total. The number of likely N-dealkylation sites (N-methyl/N-ethyl adjacent to an activating group) is 1. The zero-order valence-electron chi connectivity index (χ0n) is 8.81. The highest BCUT2D eigenvalue weighted by Gasteiger charge is 2.27. The summed E-state index contributed by atoms with van der Waals surface area (Å²) in [7, 11) is -1.62. The molecule has 5 heteroatoms. The SMILES string of the molecule is CC(CO)N(C)S(=O)(=O)CCC1CC1. The van der Waals surface area contributed by atoms with Crippen molar-refractivity contribution in [2.45, 2.75) is 32.2 Å². The normalized spacial score (nSPS) is 20.0. The van der Waals surface area contributed by atoms with Crippen LogP contribution in [0.15, 0.2) is 0 Å². The standard InChI is InChI=1S/C9H19NO3S/c1-8(7-11)10(2)14(12,13)6-5-9-3-4-9/h8-9,11H,3-7H2,1-2H3. The molecule has 1 saturated carbocycles. The van der Waals surface area contributed by atoms with E-state index in [0.717, 1.165) is 6.42 Å². The number of hydrogen-bond acceptors (Lipinski definition) is 3. The van der Waals surface area contributed by atoms with E-state index < -0.39 is 10.0 Å². The Morgan fingerprint density at radius 2 is 2.07 bits per heavy atom. The number of sulfonamides is 1. The third-order valence-corrected chi connectivity index (χ3v) is 4.79. The number of nitrogens with zero attached hydrogens (tertiary/aromatic N) is 1. The first-order valence-electron chi connectivity index (χ1n) is 5.04. The van der Waals surface area contributed by atoms with Crippen LogP contribution >= 0.6 is 0 Å². The molecule has 0 aromatic carbocycles. The molecule has 0 aromatic heterocycles. The molecule has 1 fully saturated rings. The van der Waals surface area contributed by atoms with Crippen molar-refractivity contribution in [3.8, 4) is 0 Å². The first-order chi connectivity index (χ1) is 6.47. The molecule has 0 aromatic rings. The smallest absolute Gasteiger partial charge is 0.214 e. The van der Waals surface area contributed by atoms with E-state index in [1.54, 1.807) is 6.92 Å². The molecule has 0 amide bonds. The lowest BCUT2D eigenvalue weighted by Crippen LogP contribution is -2.38. The Morgan fingerprint density at radius 1 is 1.50 bits per heavy atom. The fraction of sp³-hybridized carbons (Fsp3) is 1.00. The summed E-state index contributed by atoms with van der Waals surface area (Å²) in [4.78, 5) is 0. The van der Waals surface area contributed by atoms with Gasteiger partial charge in [-0.3, -0.25) is 0 Å².